The fraction of sp³-hybridized carbons (Fsp3) is 0.364. The Kier molecular flexibility index (Phi) is 5.08. The topological polar surface area (TPSA) is 55.8 Å². The molecule has 0 bridgehead atoms. The van der Waals surface area contributed by atoms with Gasteiger partial charge in [0.2, 0.25) is 0 Å². The van der Waals surface area contributed by atoms with Crippen molar-refractivity contribution in [3.05, 3.63) is 28.8 Å². The molecular formula is C11H13ClO4. The second-order valence-electron chi connectivity index (χ2n) is 2.97. The van der Waals surface area contributed by atoms with Crippen LogP contribution in [0, 0.1) is 0 Å². The van der Waals surface area contributed by atoms with Crippen LogP contribution in [0.5, 0.6) is 5.75 Å². The Morgan fingerprint density at radius 1 is 1.50 bits per heavy atom. The molecule has 16 heavy (non-hydrogen) atoms. The van der Waals surface area contributed by atoms with Gasteiger partial charge in [0.1, 0.15) is 5.75 Å². The molecular weight excluding hydrogens is 232 g/mol. The van der Waals surface area contributed by atoms with Crippen molar-refractivity contribution < 1.29 is 19.4 Å². The second-order valence-corrected chi connectivity index (χ2v) is 3.38. The first-order chi connectivity index (χ1) is 7.69. The predicted molar refractivity (Wildman–Crippen MR) is 59.5 cm³/mol. The number of aliphatic hydroxyl groups is 1. The van der Waals surface area contributed by atoms with Crippen LogP contribution in [0.1, 0.15) is 12.5 Å². The summed E-state index contributed by atoms with van der Waals surface area (Å²) in [5.41, 5.74) is 0.466. The minimum atomic E-state index is -0.452. The smallest absolute Gasteiger partial charge is 0.344 e. The van der Waals surface area contributed by atoms with Crippen molar-refractivity contribution in [1.29, 1.82) is 0 Å². The van der Waals surface area contributed by atoms with E-state index in [2.05, 4.69) is 0 Å². The maximum Gasteiger partial charge on any atom is 0.344 e. The quantitative estimate of drug-likeness (QED) is 0.802. The highest BCUT2D eigenvalue weighted by molar-refractivity contribution is 6.31. The zero-order chi connectivity index (χ0) is 12.0. The van der Waals surface area contributed by atoms with Gasteiger partial charge < -0.3 is 14.6 Å². The highest BCUT2D eigenvalue weighted by atomic mass is 35.5. The minimum Gasteiger partial charge on any atom is -0.481 e. The molecule has 0 aromatic heterocycles. The largest absolute Gasteiger partial charge is 0.481 e. The summed E-state index contributed by atoms with van der Waals surface area (Å²) in [7, 11) is 0. The molecule has 0 heterocycles. The standard InChI is InChI=1S/C11H13ClO4/c1-2-15-11(14)7-16-10-5-3-4-9(12)8(10)6-13/h3-5,13H,2,6-7H2,1H3. The summed E-state index contributed by atoms with van der Waals surface area (Å²) in [5, 5.41) is 9.49. The van der Waals surface area contributed by atoms with E-state index in [0.717, 1.165) is 0 Å². The Morgan fingerprint density at radius 2 is 2.25 bits per heavy atom. The summed E-state index contributed by atoms with van der Waals surface area (Å²) >= 11 is 5.85. The van der Waals surface area contributed by atoms with Gasteiger partial charge in [0.05, 0.1) is 13.2 Å². The van der Waals surface area contributed by atoms with Gasteiger partial charge in [-0.15, -0.1) is 0 Å². The van der Waals surface area contributed by atoms with Crippen LogP contribution in [0.3, 0.4) is 0 Å². The van der Waals surface area contributed by atoms with Crippen LogP contribution in [0.15, 0.2) is 18.2 Å². The maximum atomic E-state index is 11.1. The second kappa shape index (κ2) is 6.35. The summed E-state index contributed by atoms with van der Waals surface area (Å²) in [6, 6.07) is 4.96. The number of esters is 1. The lowest BCUT2D eigenvalue weighted by Crippen LogP contribution is -2.15. The molecule has 5 heteroatoms. The number of carbonyl (C=O) groups is 1. The van der Waals surface area contributed by atoms with Gasteiger partial charge >= 0.3 is 5.97 Å². The van der Waals surface area contributed by atoms with Crippen LogP contribution >= 0.6 is 11.6 Å². The molecule has 88 valence electrons. The van der Waals surface area contributed by atoms with Gasteiger partial charge in [-0.2, -0.15) is 0 Å². The van der Waals surface area contributed by atoms with Gasteiger partial charge in [-0.1, -0.05) is 17.7 Å². The lowest BCUT2D eigenvalue weighted by Gasteiger charge is -2.10. The van der Waals surface area contributed by atoms with Crippen molar-refractivity contribution in [3.8, 4) is 5.75 Å². The predicted octanol–water partition coefficient (Wildman–Crippen LogP) is 1.77. The number of halogens is 1. The highest BCUT2D eigenvalue weighted by Gasteiger charge is 2.09. The molecule has 1 aromatic carbocycles. The van der Waals surface area contributed by atoms with Crippen molar-refractivity contribution >= 4 is 17.6 Å². The van der Waals surface area contributed by atoms with Crippen LogP contribution in [0.2, 0.25) is 5.02 Å². The lowest BCUT2D eigenvalue weighted by atomic mass is 10.2. The molecule has 0 unspecified atom stereocenters. The van der Waals surface area contributed by atoms with Crippen LogP contribution in [0.25, 0.3) is 0 Å². The third-order valence-corrected chi connectivity index (χ3v) is 2.24. The third kappa shape index (κ3) is 3.40. The fourth-order valence-corrected chi connectivity index (χ4v) is 1.39. The zero-order valence-corrected chi connectivity index (χ0v) is 9.66. The maximum absolute atomic E-state index is 11.1. The summed E-state index contributed by atoms with van der Waals surface area (Å²) in [6.07, 6.45) is 0. The molecule has 1 aromatic rings. The van der Waals surface area contributed by atoms with E-state index in [1.807, 2.05) is 0 Å². The molecule has 4 nitrogen and oxygen atoms in total. The first-order valence-corrected chi connectivity index (χ1v) is 5.23. The Morgan fingerprint density at radius 3 is 2.88 bits per heavy atom. The molecule has 0 aliphatic heterocycles. The van der Waals surface area contributed by atoms with Crippen molar-refractivity contribution in [2.75, 3.05) is 13.2 Å². The number of rotatable bonds is 5. The molecule has 0 saturated carbocycles. The van der Waals surface area contributed by atoms with E-state index < -0.39 is 5.97 Å². The summed E-state index contributed by atoms with van der Waals surface area (Å²) in [5.74, 6) is -0.0607. The van der Waals surface area contributed by atoms with Gasteiger partial charge in [-0.3, -0.25) is 0 Å². The van der Waals surface area contributed by atoms with E-state index in [9.17, 15) is 4.79 Å². The van der Waals surface area contributed by atoms with Gasteiger partial charge in [0, 0.05) is 10.6 Å². The molecule has 0 aliphatic carbocycles. The van der Waals surface area contributed by atoms with Gasteiger partial charge in [0.25, 0.3) is 0 Å². The average Bonchev–Trinajstić information content (AvgIpc) is 2.27. The molecule has 0 fully saturated rings. The van der Waals surface area contributed by atoms with E-state index in [-0.39, 0.29) is 13.2 Å². The fourth-order valence-electron chi connectivity index (χ4n) is 1.17. The van der Waals surface area contributed by atoms with E-state index >= 15 is 0 Å². The van der Waals surface area contributed by atoms with Crippen molar-refractivity contribution in [1.82, 2.24) is 0 Å². The van der Waals surface area contributed by atoms with Crippen LogP contribution in [-0.2, 0) is 16.1 Å². The monoisotopic (exact) mass is 244 g/mol. The molecule has 0 atom stereocenters. The van der Waals surface area contributed by atoms with Crippen molar-refractivity contribution in [2.45, 2.75) is 13.5 Å². The molecule has 0 aliphatic rings. The average molecular weight is 245 g/mol. The summed E-state index contributed by atoms with van der Waals surface area (Å²) in [4.78, 5) is 11.1. The van der Waals surface area contributed by atoms with Crippen LogP contribution < -0.4 is 4.74 Å². The summed E-state index contributed by atoms with van der Waals surface area (Å²) in [6.45, 7) is 1.60. The van der Waals surface area contributed by atoms with Crippen LogP contribution in [-0.4, -0.2) is 24.3 Å². The number of carbonyl (C=O) groups excluding carboxylic acids is 1. The van der Waals surface area contributed by atoms with Crippen LogP contribution in [0.4, 0.5) is 0 Å². The van der Waals surface area contributed by atoms with Gasteiger partial charge in [0.15, 0.2) is 6.61 Å². The highest BCUT2D eigenvalue weighted by Crippen LogP contribution is 2.26. The zero-order valence-electron chi connectivity index (χ0n) is 8.90. The third-order valence-electron chi connectivity index (χ3n) is 1.88. The Labute approximate surface area is 98.7 Å². The van der Waals surface area contributed by atoms with E-state index in [1.165, 1.54) is 0 Å². The molecule has 1 rings (SSSR count). The van der Waals surface area contributed by atoms with E-state index in [0.29, 0.717) is 22.9 Å². The lowest BCUT2D eigenvalue weighted by molar-refractivity contribution is -0.145. The number of aliphatic hydroxyl groups excluding tert-OH is 1. The minimum absolute atomic E-state index is 0.193. The first kappa shape index (κ1) is 12.8. The molecule has 0 amide bonds. The Hall–Kier alpha value is -1.26. The van der Waals surface area contributed by atoms with Crippen molar-refractivity contribution in [2.24, 2.45) is 0 Å². The van der Waals surface area contributed by atoms with E-state index in [1.54, 1.807) is 25.1 Å². The van der Waals surface area contributed by atoms with Crippen molar-refractivity contribution in [3.63, 3.8) is 0 Å². The summed E-state index contributed by atoms with van der Waals surface area (Å²) < 4.78 is 9.91. The number of hydrogen-bond donors (Lipinski definition) is 1. The number of ether oxygens (including phenoxy) is 2. The Bertz CT molecular complexity index is 365. The SMILES string of the molecule is CCOC(=O)COc1cccc(Cl)c1CO. The normalized spacial score (nSPS) is 9.94. The first-order valence-electron chi connectivity index (χ1n) is 4.85. The molecule has 1 N–H and O–H groups in total. The van der Waals surface area contributed by atoms with E-state index in [4.69, 9.17) is 26.2 Å². The number of hydrogen-bond acceptors (Lipinski definition) is 4. The Balaban J connectivity index is 2.66. The molecule has 0 radical (unpaired) electrons. The molecule has 0 spiro atoms. The number of benzene rings is 1. The molecule has 0 saturated heterocycles. The van der Waals surface area contributed by atoms with Gasteiger partial charge in [-0.25, -0.2) is 4.79 Å². The van der Waals surface area contributed by atoms with Gasteiger partial charge in [-0.05, 0) is 19.1 Å².